The quantitative estimate of drug-likeness (QED) is 0.443. The van der Waals surface area contributed by atoms with E-state index >= 15 is 0 Å². The molecule has 27 heavy (non-hydrogen) atoms. The molecule has 0 aliphatic heterocycles. The molecule has 0 aliphatic rings. The second-order valence-corrected chi connectivity index (χ2v) is 12.5. The summed E-state index contributed by atoms with van der Waals surface area (Å²) in [5.41, 5.74) is 2.05. The van der Waals surface area contributed by atoms with Crippen molar-refractivity contribution < 1.29 is 44.2 Å². The smallest absolute Gasteiger partial charge is 0.549 e. The van der Waals surface area contributed by atoms with Crippen molar-refractivity contribution in [1.82, 2.24) is 9.78 Å². The largest absolute Gasteiger partial charge is 1.00 e. The second-order valence-electron chi connectivity index (χ2n) is 6.93. The maximum Gasteiger partial charge on any atom is 1.00 e. The van der Waals surface area contributed by atoms with Gasteiger partial charge in [0, 0.05) is 20.1 Å². The molecule has 138 valence electrons. The molecule has 9 heteroatoms. The van der Waals surface area contributed by atoms with Crippen molar-refractivity contribution in [2.24, 2.45) is 0 Å². The number of carboxylic acid groups (broad SMARTS) is 1. The van der Waals surface area contributed by atoms with Crippen LogP contribution in [-0.4, -0.2) is 30.4 Å². The van der Waals surface area contributed by atoms with Crippen LogP contribution in [0.25, 0.3) is 10.9 Å². The summed E-state index contributed by atoms with van der Waals surface area (Å²) in [5.74, 6) is -1.32. The van der Waals surface area contributed by atoms with Crippen LogP contribution in [0.4, 0.5) is 0 Å². The first-order valence-corrected chi connectivity index (χ1v) is 11.9. The maximum absolute atomic E-state index is 9.27. The van der Waals surface area contributed by atoms with E-state index in [4.69, 9.17) is 15.3 Å². The van der Waals surface area contributed by atoms with E-state index in [1.54, 1.807) is 0 Å². The van der Waals surface area contributed by atoms with Gasteiger partial charge >= 0.3 is 29.6 Å². The van der Waals surface area contributed by atoms with Crippen LogP contribution in [0.3, 0.4) is 0 Å². The van der Waals surface area contributed by atoms with Crippen LogP contribution in [0, 0.1) is 22.7 Å². The minimum atomic E-state index is -1.32. The SMILES string of the molecule is C[Si](C)(C)CCOCn1ncc2ccc(CC#N)cc21.N#CCC(=O)[O-].[Na+]. The molecular formula is C18H23N4NaO3Si. The number of aliphatic carboxylic acids is 1. The summed E-state index contributed by atoms with van der Waals surface area (Å²) in [4.78, 5) is 9.27. The average molecular weight is 394 g/mol. The van der Waals surface area contributed by atoms with E-state index < -0.39 is 20.5 Å². The molecule has 1 aromatic heterocycles. The van der Waals surface area contributed by atoms with Crippen LogP contribution in [0.5, 0.6) is 0 Å². The molecule has 0 unspecified atom stereocenters. The van der Waals surface area contributed by atoms with E-state index in [1.807, 2.05) is 29.1 Å². The molecule has 0 spiro atoms. The van der Waals surface area contributed by atoms with Crippen molar-refractivity contribution in [2.75, 3.05) is 6.61 Å². The third-order valence-corrected chi connectivity index (χ3v) is 5.13. The number of fused-ring (bicyclic) bond motifs is 1. The molecule has 0 saturated carbocycles. The number of rotatable bonds is 7. The number of ether oxygens (including phenoxy) is 1. The minimum Gasteiger partial charge on any atom is -0.549 e. The Morgan fingerprint density at radius 2 is 2.00 bits per heavy atom. The monoisotopic (exact) mass is 394 g/mol. The number of benzene rings is 1. The Kier molecular flexibility index (Phi) is 11.9. The molecular weight excluding hydrogens is 371 g/mol. The van der Waals surface area contributed by atoms with E-state index in [1.165, 1.54) is 6.07 Å². The number of carbonyl (C=O) groups excluding carboxylic acids is 1. The molecule has 2 aromatic rings. The van der Waals surface area contributed by atoms with Gasteiger partial charge in [-0.2, -0.15) is 15.6 Å². The number of carbonyl (C=O) groups is 1. The number of nitrogens with zero attached hydrogens (tertiary/aromatic N) is 4. The fourth-order valence-corrected chi connectivity index (χ4v) is 2.77. The molecule has 0 amide bonds. The van der Waals surface area contributed by atoms with Gasteiger partial charge in [0.05, 0.1) is 42.7 Å². The summed E-state index contributed by atoms with van der Waals surface area (Å²) in [7, 11) is -1.04. The van der Waals surface area contributed by atoms with Gasteiger partial charge in [-0.05, 0) is 17.7 Å². The first-order valence-electron chi connectivity index (χ1n) is 8.23. The van der Waals surface area contributed by atoms with Crippen LogP contribution in [-0.2, 0) is 22.7 Å². The Morgan fingerprint density at radius 1 is 1.30 bits per heavy atom. The summed E-state index contributed by atoms with van der Waals surface area (Å²) >= 11 is 0. The number of nitriles is 2. The fourth-order valence-electron chi connectivity index (χ4n) is 2.01. The van der Waals surface area contributed by atoms with Crippen molar-refractivity contribution in [3.05, 3.63) is 30.0 Å². The predicted octanol–water partition coefficient (Wildman–Crippen LogP) is -0.931. The van der Waals surface area contributed by atoms with E-state index in [-0.39, 0.29) is 29.6 Å². The van der Waals surface area contributed by atoms with Crippen LogP contribution in [0.2, 0.25) is 25.7 Å². The molecule has 7 nitrogen and oxygen atoms in total. The molecule has 0 saturated heterocycles. The van der Waals surface area contributed by atoms with Crippen molar-refractivity contribution in [2.45, 2.75) is 45.3 Å². The first kappa shape index (κ1) is 25.3. The van der Waals surface area contributed by atoms with Gasteiger partial charge in [0.2, 0.25) is 0 Å². The van der Waals surface area contributed by atoms with Crippen LogP contribution in [0.1, 0.15) is 12.0 Å². The van der Waals surface area contributed by atoms with Gasteiger partial charge in [-0.3, -0.25) is 0 Å². The van der Waals surface area contributed by atoms with Gasteiger partial charge in [0.15, 0.2) is 0 Å². The zero-order valence-corrected chi connectivity index (χ0v) is 19.4. The predicted molar refractivity (Wildman–Crippen MR) is 98.4 cm³/mol. The van der Waals surface area contributed by atoms with Crippen LogP contribution in [0.15, 0.2) is 24.4 Å². The first-order chi connectivity index (χ1) is 12.3. The average Bonchev–Trinajstić information content (AvgIpc) is 2.94. The zero-order chi connectivity index (χ0) is 19.6. The zero-order valence-electron chi connectivity index (χ0n) is 16.4. The molecule has 0 aliphatic carbocycles. The Bertz CT molecular complexity index is 819. The number of hydrogen-bond donors (Lipinski definition) is 0. The van der Waals surface area contributed by atoms with E-state index in [9.17, 15) is 9.90 Å². The molecule has 1 heterocycles. The van der Waals surface area contributed by atoms with Crippen molar-refractivity contribution in [3.63, 3.8) is 0 Å². The second kappa shape index (κ2) is 12.7. The van der Waals surface area contributed by atoms with Crippen molar-refractivity contribution >= 4 is 24.9 Å². The van der Waals surface area contributed by atoms with Gasteiger partial charge < -0.3 is 14.6 Å². The summed E-state index contributed by atoms with van der Waals surface area (Å²) < 4.78 is 7.59. The molecule has 0 N–H and O–H groups in total. The summed E-state index contributed by atoms with van der Waals surface area (Å²) in [6.07, 6.45) is 1.75. The topological polar surface area (TPSA) is 115 Å². The summed E-state index contributed by atoms with van der Waals surface area (Å²) in [6, 6.07) is 10.7. The van der Waals surface area contributed by atoms with Gasteiger partial charge in [-0.25, -0.2) is 4.68 Å². The minimum absolute atomic E-state index is 0. The number of hydrogen-bond acceptors (Lipinski definition) is 6. The standard InChI is InChI=1S/C15H21N3OSi.C3H3NO2.Na/c1-20(2,3)9-8-19-12-18-15-10-13(6-7-16)4-5-14(15)11-17-18;4-2-1-3(5)6;/h4-5,10-11H,6,8-9,12H2,1-3H3;1H2,(H,5,6);/q;;+1/p-1. The van der Waals surface area contributed by atoms with E-state index in [0.717, 1.165) is 29.1 Å². The van der Waals surface area contributed by atoms with Gasteiger partial charge in [0.25, 0.3) is 0 Å². The molecule has 0 fully saturated rings. The van der Waals surface area contributed by atoms with Gasteiger partial charge in [-0.1, -0.05) is 31.8 Å². The Morgan fingerprint density at radius 3 is 2.52 bits per heavy atom. The normalized spacial score (nSPS) is 10.1. The fraction of sp³-hybridized carbons (Fsp3) is 0.444. The van der Waals surface area contributed by atoms with Crippen molar-refractivity contribution in [1.29, 1.82) is 10.5 Å². The molecule has 1 aromatic carbocycles. The van der Waals surface area contributed by atoms with E-state index in [2.05, 4.69) is 30.8 Å². The third-order valence-electron chi connectivity index (χ3n) is 3.43. The molecule has 0 radical (unpaired) electrons. The number of aromatic nitrogens is 2. The Hall–Kier alpha value is -1.68. The molecule has 0 bridgehead atoms. The van der Waals surface area contributed by atoms with Gasteiger partial charge in [-0.15, -0.1) is 0 Å². The molecule has 2 rings (SSSR count). The maximum atomic E-state index is 9.27. The van der Waals surface area contributed by atoms with Gasteiger partial charge in [0.1, 0.15) is 6.73 Å². The molecule has 0 atom stereocenters. The summed E-state index contributed by atoms with van der Waals surface area (Å²) in [5, 5.41) is 31.0. The Balaban J connectivity index is 0.000000842. The third kappa shape index (κ3) is 10.3. The number of carboxylic acids is 1. The van der Waals surface area contributed by atoms with Crippen LogP contribution < -0.4 is 34.7 Å². The van der Waals surface area contributed by atoms with Crippen LogP contribution >= 0.6 is 0 Å². The van der Waals surface area contributed by atoms with E-state index in [0.29, 0.717) is 13.2 Å². The Labute approximate surface area is 182 Å². The summed E-state index contributed by atoms with van der Waals surface area (Å²) in [6.45, 7) is 8.29. The van der Waals surface area contributed by atoms with Crippen molar-refractivity contribution in [3.8, 4) is 12.1 Å².